The largest absolute Gasteiger partial charge is 0.366 e. The molecule has 3 heteroatoms. The number of rotatable bonds is 6. The lowest BCUT2D eigenvalue weighted by Crippen LogP contribution is -2.27. The van der Waals surface area contributed by atoms with Crippen molar-refractivity contribution in [1.29, 1.82) is 5.41 Å². The van der Waals surface area contributed by atoms with Crippen molar-refractivity contribution in [2.24, 2.45) is 5.73 Å². The number of allylic oxidation sites excluding steroid dienone is 4. The molecule has 0 fully saturated rings. The molecule has 0 aliphatic heterocycles. The number of nitrogens with one attached hydrogen (secondary N) is 2. The third-order valence-electron chi connectivity index (χ3n) is 3.66. The number of amidine groups is 1. The Kier molecular flexibility index (Phi) is 5.89. The van der Waals surface area contributed by atoms with Crippen LogP contribution in [0.1, 0.15) is 17.5 Å². The van der Waals surface area contributed by atoms with Gasteiger partial charge in [0.1, 0.15) is 5.84 Å². The number of hydrogen-bond donors (Lipinski definition) is 3. The van der Waals surface area contributed by atoms with Gasteiger partial charge < -0.3 is 11.1 Å². The van der Waals surface area contributed by atoms with E-state index in [9.17, 15) is 0 Å². The predicted octanol–water partition coefficient (Wildman–Crippen LogP) is 3.72. The SMILES string of the molecule is C=C/C=C(\C=C)c1ccc(CNC(=N)C2=CC(N)CC=C2)cc1. The van der Waals surface area contributed by atoms with Crippen LogP contribution in [0.15, 0.2) is 79.5 Å². The van der Waals surface area contributed by atoms with Crippen molar-refractivity contribution in [2.75, 3.05) is 0 Å². The van der Waals surface area contributed by atoms with Crippen LogP contribution in [-0.4, -0.2) is 11.9 Å². The maximum atomic E-state index is 8.10. The van der Waals surface area contributed by atoms with Crippen molar-refractivity contribution in [3.63, 3.8) is 0 Å². The summed E-state index contributed by atoms with van der Waals surface area (Å²) in [6.07, 6.45) is 12.2. The highest BCUT2D eigenvalue weighted by Crippen LogP contribution is 2.16. The van der Waals surface area contributed by atoms with E-state index in [1.165, 1.54) is 0 Å². The van der Waals surface area contributed by atoms with Crippen LogP contribution in [0.3, 0.4) is 0 Å². The highest BCUT2D eigenvalue weighted by Gasteiger charge is 2.08. The van der Waals surface area contributed by atoms with Gasteiger partial charge in [0.25, 0.3) is 0 Å². The van der Waals surface area contributed by atoms with E-state index >= 15 is 0 Å². The molecule has 0 saturated carbocycles. The third-order valence-corrected chi connectivity index (χ3v) is 3.66. The molecule has 23 heavy (non-hydrogen) atoms. The van der Waals surface area contributed by atoms with E-state index in [2.05, 4.69) is 18.5 Å². The minimum Gasteiger partial charge on any atom is -0.366 e. The third kappa shape index (κ3) is 4.66. The summed E-state index contributed by atoms with van der Waals surface area (Å²) in [6.45, 7) is 8.13. The lowest BCUT2D eigenvalue weighted by molar-refractivity contribution is 0.817. The Morgan fingerprint density at radius 2 is 2.04 bits per heavy atom. The zero-order valence-electron chi connectivity index (χ0n) is 13.3. The first-order chi connectivity index (χ1) is 11.1. The van der Waals surface area contributed by atoms with Gasteiger partial charge in [-0.1, -0.05) is 73.9 Å². The highest BCUT2D eigenvalue weighted by atomic mass is 14.9. The molecule has 1 aliphatic rings. The summed E-state index contributed by atoms with van der Waals surface area (Å²) in [5.41, 5.74) is 9.99. The summed E-state index contributed by atoms with van der Waals surface area (Å²) in [7, 11) is 0. The molecule has 0 bridgehead atoms. The van der Waals surface area contributed by atoms with E-state index in [0.29, 0.717) is 12.4 Å². The Balaban J connectivity index is 1.98. The Labute approximate surface area is 138 Å². The smallest absolute Gasteiger partial charge is 0.125 e. The number of hydrogen-bond acceptors (Lipinski definition) is 2. The van der Waals surface area contributed by atoms with Crippen LogP contribution >= 0.6 is 0 Å². The van der Waals surface area contributed by atoms with Crippen molar-refractivity contribution in [3.05, 3.63) is 90.6 Å². The van der Waals surface area contributed by atoms with Gasteiger partial charge in [0.05, 0.1) is 0 Å². The summed E-state index contributed by atoms with van der Waals surface area (Å²) >= 11 is 0. The maximum absolute atomic E-state index is 8.10. The lowest BCUT2D eigenvalue weighted by atomic mass is 10.0. The number of benzene rings is 1. The fourth-order valence-electron chi connectivity index (χ4n) is 2.39. The van der Waals surface area contributed by atoms with Crippen LogP contribution in [-0.2, 0) is 6.54 Å². The van der Waals surface area contributed by atoms with E-state index in [0.717, 1.165) is 28.7 Å². The minimum absolute atomic E-state index is 0.00500. The monoisotopic (exact) mass is 305 g/mol. The lowest BCUT2D eigenvalue weighted by Gasteiger charge is -2.14. The first-order valence-electron chi connectivity index (χ1n) is 7.65. The summed E-state index contributed by atoms with van der Waals surface area (Å²) in [5.74, 6) is 0.402. The van der Waals surface area contributed by atoms with E-state index < -0.39 is 0 Å². The van der Waals surface area contributed by atoms with E-state index in [1.54, 1.807) is 6.08 Å². The van der Waals surface area contributed by atoms with Crippen molar-refractivity contribution in [1.82, 2.24) is 5.32 Å². The average Bonchev–Trinajstić information content (AvgIpc) is 2.58. The highest BCUT2D eigenvalue weighted by molar-refractivity contribution is 5.98. The molecule has 0 spiro atoms. The molecular weight excluding hydrogens is 282 g/mol. The van der Waals surface area contributed by atoms with Gasteiger partial charge in [-0.3, -0.25) is 5.41 Å². The van der Waals surface area contributed by atoms with Crippen LogP contribution in [0, 0.1) is 5.41 Å². The maximum Gasteiger partial charge on any atom is 0.125 e. The van der Waals surface area contributed by atoms with Gasteiger partial charge >= 0.3 is 0 Å². The first kappa shape index (κ1) is 16.7. The second kappa shape index (κ2) is 8.11. The topological polar surface area (TPSA) is 61.9 Å². The van der Waals surface area contributed by atoms with Crippen LogP contribution in [0.5, 0.6) is 0 Å². The normalized spacial score (nSPS) is 17.3. The molecule has 2 rings (SSSR count). The second-order valence-corrected chi connectivity index (χ2v) is 5.41. The minimum atomic E-state index is 0.00500. The van der Waals surface area contributed by atoms with Gasteiger partial charge in [0.15, 0.2) is 0 Å². The fourth-order valence-corrected chi connectivity index (χ4v) is 2.39. The van der Waals surface area contributed by atoms with Crippen molar-refractivity contribution in [2.45, 2.75) is 19.0 Å². The summed E-state index contributed by atoms with van der Waals surface area (Å²) in [6, 6.07) is 8.20. The summed E-state index contributed by atoms with van der Waals surface area (Å²) in [4.78, 5) is 0. The fraction of sp³-hybridized carbons (Fsp3) is 0.150. The molecule has 3 nitrogen and oxygen atoms in total. The van der Waals surface area contributed by atoms with Crippen LogP contribution < -0.4 is 11.1 Å². The standard InChI is InChI=1S/C20H23N3/c1-3-6-16(4-2)17-11-9-15(10-12-17)14-23-20(22)18-7-5-8-19(21)13-18/h3-7,9-13,19H,1-2,8,14,21H2,(H2,22,23)/b16-6+. The molecule has 0 heterocycles. The van der Waals surface area contributed by atoms with Crippen LogP contribution in [0.4, 0.5) is 0 Å². The van der Waals surface area contributed by atoms with Gasteiger partial charge in [-0.15, -0.1) is 0 Å². The predicted molar refractivity (Wildman–Crippen MR) is 99.2 cm³/mol. The van der Waals surface area contributed by atoms with Gasteiger partial charge in [-0.05, 0) is 23.1 Å². The molecule has 118 valence electrons. The van der Waals surface area contributed by atoms with Crippen LogP contribution in [0.25, 0.3) is 5.57 Å². The quantitative estimate of drug-likeness (QED) is 0.426. The Hall–Kier alpha value is -2.65. The Morgan fingerprint density at radius 3 is 2.65 bits per heavy atom. The summed E-state index contributed by atoms with van der Waals surface area (Å²) in [5, 5.41) is 11.2. The zero-order chi connectivity index (χ0) is 16.7. The van der Waals surface area contributed by atoms with Crippen LogP contribution in [0.2, 0.25) is 0 Å². The summed E-state index contributed by atoms with van der Waals surface area (Å²) < 4.78 is 0. The molecule has 0 aromatic heterocycles. The molecule has 1 aromatic rings. The van der Waals surface area contributed by atoms with Crippen molar-refractivity contribution in [3.8, 4) is 0 Å². The first-order valence-corrected chi connectivity index (χ1v) is 7.65. The van der Waals surface area contributed by atoms with Crippen molar-refractivity contribution < 1.29 is 0 Å². The van der Waals surface area contributed by atoms with Gasteiger partial charge in [0, 0.05) is 18.2 Å². The van der Waals surface area contributed by atoms with Gasteiger partial charge in [-0.25, -0.2) is 0 Å². The molecule has 1 unspecified atom stereocenters. The van der Waals surface area contributed by atoms with Gasteiger partial charge in [0.2, 0.25) is 0 Å². The molecule has 0 radical (unpaired) electrons. The molecule has 0 amide bonds. The molecule has 0 saturated heterocycles. The number of nitrogens with two attached hydrogens (primary N) is 1. The second-order valence-electron chi connectivity index (χ2n) is 5.41. The van der Waals surface area contributed by atoms with E-state index in [-0.39, 0.29) is 6.04 Å². The van der Waals surface area contributed by atoms with E-state index in [4.69, 9.17) is 11.1 Å². The van der Waals surface area contributed by atoms with Crippen molar-refractivity contribution >= 4 is 11.4 Å². The Morgan fingerprint density at radius 1 is 1.30 bits per heavy atom. The average molecular weight is 305 g/mol. The van der Waals surface area contributed by atoms with Gasteiger partial charge in [-0.2, -0.15) is 0 Å². The molecular formula is C20H23N3. The Bertz CT molecular complexity index is 675. The van der Waals surface area contributed by atoms with E-state index in [1.807, 2.05) is 54.6 Å². The molecule has 1 aliphatic carbocycles. The zero-order valence-corrected chi connectivity index (χ0v) is 13.3. The molecule has 1 atom stereocenters. The molecule has 1 aromatic carbocycles. The molecule has 4 N–H and O–H groups in total.